The highest BCUT2D eigenvalue weighted by atomic mass is 32.1. The summed E-state index contributed by atoms with van der Waals surface area (Å²) in [6, 6.07) is 9.84. The summed E-state index contributed by atoms with van der Waals surface area (Å²) in [6.45, 7) is 1.94. The molecule has 4 rings (SSSR count). The van der Waals surface area contributed by atoms with E-state index in [9.17, 15) is 4.79 Å². The topological polar surface area (TPSA) is 101 Å². The molecule has 0 atom stereocenters. The number of aryl methyl sites for hydroxylation is 1. The van der Waals surface area contributed by atoms with Crippen LogP contribution in [-0.2, 0) is 6.42 Å². The van der Waals surface area contributed by atoms with Gasteiger partial charge in [-0.15, -0.1) is 16.4 Å². The molecule has 26 heavy (non-hydrogen) atoms. The lowest BCUT2D eigenvalue weighted by atomic mass is 10.2. The Morgan fingerprint density at radius 3 is 2.81 bits per heavy atom. The lowest BCUT2D eigenvalue weighted by Crippen LogP contribution is -2.03. The van der Waals surface area contributed by atoms with Gasteiger partial charge in [0.1, 0.15) is 0 Å². The van der Waals surface area contributed by atoms with E-state index in [0.717, 1.165) is 26.6 Å². The molecule has 9 heteroatoms. The van der Waals surface area contributed by atoms with E-state index in [0.29, 0.717) is 17.2 Å². The minimum atomic E-state index is -1.02. The third kappa shape index (κ3) is 3.39. The maximum atomic E-state index is 10.9. The van der Waals surface area contributed by atoms with Gasteiger partial charge in [0.2, 0.25) is 0 Å². The average Bonchev–Trinajstić information content (AvgIpc) is 3.23. The van der Waals surface area contributed by atoms with Gasteiger partial charge in [-0.25, -0.2) is 14.8 Å². The van der Waals surface area contributed by atoms with Crippen molar-refractivity contribution < 1.29 is 9.90 Å². The van der Waals surface area contributed by atoms with Gasteiger partial charge in [0, 0.05) is 11.8 Å². The minimum absolute atomic E-state index is 0.0599. The predicted octanol–water partition coefficient (Wildman–Crippen LogP) is 3.88. The zero-order valence-corrected chi connectivity index (χ0v) is 15.3. The molecule has 2 N–H and O–H groups in total. The van der Waals surface area contributed by atoms with Crippen molar-refractivity contribution in [2.24, 2.45) is 0 Å². The van der Waals surface area contributed by atoms with Gasteiger partial charge in [0.25, 0.3) is 0 Å². The molecule has 0 saturated heterocycles. The van der Waals surface area contributed by atoms with Crippen molar-refractivity contribution in [3.8, 4) is 0 Å². The van der Waals surface area contributed by atoms with Crippen LogP contribution in [0.3, 0.4) is 0 Å². The average molecular weight is 383 g/mol. The van der Waals surface area contributed by atoms with Crippen molar-refractivity contribution in [3.05, 3.63) is 57.7 Å². The minimum Gasteiger partial charge on any atom is -0.476 e. The van der Waals surface area contributed by atoms with Crippen LogP contribution in [0.1, 0.15) is 26.8 Å². The second-order valence-corrected chi connectivity index (χ2v) is 7.55. The van der Waals surface area contributed by atoms with Gasteiger partial charge in [0.05, 0.1) is 20.9 Å². The predicted molar refractivity (Wildman–Crippen MR) is 102 cm³/mol. The number of nitrogens with one attached hydrogen (secondary N) is 1. The number of anilines is 2. The number of thiazole rings is 2. The fourth-order valence-electron chi connectivity index (χ4n) is 2.41. The second kappa shape index (κ2) is 6.77. The summed E-state index contributed by atoms with van der Waals surface area (Å²) in [5, 5.41) is 23.6. The van der Waals surface area contributed by atoms with E-state index in [4.69, 9.17) is 5.11 Å². The highest BCUT2D eigenvalue weighted by molar-refractivity contribution is 7.22. The highest BCUT2D eigenvalue weighted by Gasteiger charge is 2.12. The lowest BCUT2D eigenvalue weighted by Gasteiger charge is -2.05. The Morgan fingerprint density at radius 1 is 1.23 bits per heavy atom. The van der Waals surface area contributed by atoms with Crippen molar-refractivity contribution in [3.63, 3.8) is 0 Å². The normalized spacial score (nSPS) is 11.0. The summed E-state index contributed by atoms with van der Waals surface area (Å²) in [6.07, 6.45) is 0.457. The number of aromatic carboxylic acids is 1. The molecule has 0 saturated carbocycles. The smallest absolute Gasteiger partial charge is 0.355 e. The third-order valence-electron chi connectivity index (χ3n) is 3.71. The van der Waals surface area contributed by atoms with Crippen LogP contribution < -0.4 is 5.32 Å². The largest absolute Gasteiger partial charge is 0.476 e. The molecule has 130 valence electrons. The SMILES string of the molecule is Cc1cc(Nc2nc3ccccc3s2)nnc1Cc1nc(C(=O)O)cs1. The van der Waals surface area contributed by atoms with Crippen LogP contribution >= 0.6 is 22.7 Å². The number of para-hydroxylation sites is 1. The van der Waals surface area contributed by atoms with Gasteiger partial charge >= 0.3 is 5.97 Å². The van der Waals surface area contributed by atoms with Crippen LogP contribution in [-0.4, -0.2) is 31.2 Å². The molecule has 0 aliphatic rings. The van der Waals surface area contributed by atoms with Crippen molar-refractivity contribution in [2.75, 3.05) is 5.32 Å². The number of benzene rings is 1. The van der Waals surface area contributed by atoms with Gasteiger partial charge < -0.3 is 10.4 Å². The maximum absolute atomic E-state index is 10.9. The van der Waals surface area contributed by atoms with E-state index in [1.54, 1.807) is 11.3 Å². The van der Waals surface area contributed by atoms with Crippen molar-refractivity contribution >= 4 is 49.8 Å². The van der Waals surface area contributed by atoms with Crippen LogP contribution in [0.4, 0.5) is 10.9 Å². The zero-order valence-electron chi connectivity index (χ0n) is 13.6. The number of hydrogen-bond acceptors (Lipinski definition) is 8. The first-order valence-corrected chi connectivity index (χ1v) is 9.41. The number of rotatable bonds is 5. The molecule has 0 unspecified atom stereocenters. The molecule has 0 aliphatic heterocycles. The highest BCUT2D eigenvalue weighted by Crippen LogP contribution is 2.27. The number of nitrogens with zero attached hydrogens (tertiary/aromatic N) is 4. The molecule has 0 amide bonds. The summed E-state index contributed by atoms with van der Waals surface area (Å²) in [5.74, 6) is -0.402. The Labute approximate surface area is 156 Å². The van der Waals surface area contributed by atoms with Crippen molar-refractivity contribution in [2.45, 2.75) is 13.3 Å². The molecule has 0 aliphatic carbocycles. The van der Waals surface area contributed by atoms with E-state index < -0.39 is 5.97 Å². The fourth-order valence-corrected chi connectivity index (χ4v) is 4.06. The Morgan fingerprint density at radius 2 is 2.08 bits per heavy atom. The summed E-state index contributed by atoms with van der Waals surface area (Å²) in [4.78, 5) is 19.5. The van der Waals surface area contributed by atoms with Crippen molar-refractivity contribution in [1.82, 2.24) is 20.2 Å². The Balaban J connectivity index is 1.52. The summed E-state index contributed by atoms with van der Waals surface area (Å²) in [5.41, 5.74) is 2.73. The summed E-state index contributed by atoms with van der Waals surface area (Å²) < 4.78 is 1.11. The van der Waals surface area contributed by atoms with Crippen LogP contribution in [0.15, 0.2) is 35.7 Å². The fraction of sp³-hybridized carbons (Fsp3) is 0.118. The molecule has 1 aromatic carbocycles. The molecule has 0 bridgehead atoms. The molecule has 3 aromatic heterocycles. The molecule has 4 aromatic rings. The summed E-state index contributed by atoms with van der Waals surface area (Å²) >= 11 is 2.86. The molecule has 0 fully saturated rings. The molecular weight excluding hydrogens is 370 g/mol. The molecule has 7 nitrogen and oxygen atoms in total. The van der Waals surface area contributed by atoms with Gasteiger partial charge in [-0.05, 0) is 30.7 Å². The van der Waals surface area contributed by atoms with Crippen LogP contribution in [0.2, 0.25) is 0 Å². The Bertz CT molecular complexity index is 1070. The number of fused-ring (bicyclic) bond motifs is 1. The maximum Gasteiger partial charge on any atom is 0.355 e. The Hall–Kier alpha value is -2.91. The number of carboxylic acid groups (broad SMARTS) is 1. The van der Waals surface area contributed by atoms with Gasteiger partial charge in [0.15, 0.2) is 16.6 Å². The van der Waals surface area contributed by atoms with E-state index >= 15 is 0 Å². The van der Waals surface area contributed by atoms with Crippen molar-refractivity contribution in [1.29, 1.82) is 0 Å². The van der Waals surface area contributed by atoms with Gasteiger partial charge in [-0.3, -0.25) is 0 Å². The van der Waals surface area contributed by atoms with E-state index in [1.807, 2.05) is 37.3 Å². The van der Waals surface area contributed by atoms with Crippen LogP contribution in [0, 0.1) is 6.92 Å². The standard InChI is InChI=1S/C17H13N5O2S2/c1-9-6-14(20-17-19-10-4-2-3-5-13(10)26-17)22-21-11(9)7-15-18-12(8-25-15)16(23)24/h2-6,8H,7H2,1H3,(H,23,24)(H,19,20,22). The summed E-state index contributed by atoms with van der Waals surface area (Å²) in [7, 11) is 0. The molecule has 0 spiro atoms. The van der Waals surface area contributed by atoms with E-state index in [-0.39, 0.29) is 5.69 Å². The number of hydrogen-bond donors (Lipinski definition) is 2. The Kier molecular flexibility index (Phi) is 4.31. The van der Waals surface area contributed by atoms with E-state index in [2.05, 4.69) is 25.5 Å². The van der Waals surface area contributed by atoms with Crippen LogP contribution in [0.5, 0.6) is 0 Å². The third-order valence-corrected chi connectivity index (χ3v) is 5.51. The first-order chi connectivity index (χ1) is 12.6. The quantitative estimate of drug-likeness (QED) is 0.539. The second-order valence-electron chi connectivity index (χ2n) is 5.58. The van der Waals surface area contributed by atoms with Gasteiger partial charge in [-0.2, -0.15) is 5.10 Å². The molecular formula is C17H13N5O2S2. The monoisotopic (exact) mass is 383 g/mol. The van der Waals surface area contributed by atoms with E-state index in [1.165, 1.54) is 16.7 Å². The van der Waals surface area contributed by atoms with Gasteiger partial charge in [-0.1, -0.05) is 23.5 Å². The zero-order chi connectivity index (χ0) is 18.1. The number of aromatic nitrogens is 4. The first kappa shape index (κ1) is 16.6. The number of carboxylic acids is 1. The van der Waals surface area contributed by atoms with Crippen LogP contribution in [0.25, 0.3) is 10.2 Å². The number of carbonyl (C=O) groups is 1. The molecule has 3 heterocycles. The first-order valence-electron chi connectivity index (χ1n) is 7.72. The molecule has 0 radical (unpaired) electrons. The lowest BCUT2D eigenvalue weighted by molar-refractivity contribution is 0.0691.